The van der Waals surface area contributed by atoms with Gasteiger partial charge in [0.05, 0.1) is 0 Å². The van der Waals surface area contributed by atoms with E-state index in [0.717, 1.165) is 6.42 Å². The Kier molecular flexibility index (Phi) is 6.52. The van der Waals surface area contributed by atoms with Crippen molar-refractivity contribution < 1.29 is 0 Å². The van der Waals surface area contributed by atoms with E-state index in [-0.39, 0.29) is 5.41 Å². The predicted octanol–water partition coefficient (Wildman–Crippen LogP) is 5.54. The van der Waals surface area contributed by atoms with Crippen molar-refractivity contribution in [2.75, 3.05) is 11.8 Å². The number of alkyl halides is 2. The first-order chi connectivity index (χ1) is 8.57. The largest absolute Gasteiger partial charge is 0.126 e. The molecule has 0 saturated heterocycles. The Labute approximate surface area is 122 Å². The first kappa shape index (κ1) is 15.9. The van der Waals surface area contributed by atoms with Crippen molar-refractivity contribution in [3.63, 3.8) is 0 Å². The van der Waals surface area contributed by atoms with Gasteiger partial charge in [0.2, 0.25) is 0 Å². The normalized spacial score (nSPS) is 13.6. The molecule has 0 heterocycles. The first-order valence-corrected chi connectivity index (χ1v) is 7.84. The molecule has 0 aliphatic heterocycles. The average Bonchev–Trinajstić information content (AvgIpc) is 2.36. The Morgan fingerprint density at radius 1 is 1.22 bits per heavy atom. The molecule has 1 rings (SSSR count). The summed E-state index contributed by atoms with van der Waals surface area (Å²) in [5.74, 6) is 1.84. The molecule has 102 valence electrons. The first-order valence-electron chi connectivity index (χ1n) is 6.77. The molecule has 0 fully saturated rings. The quantitative estimate of drug-likeness (QED) is 0.578. The highest BCUT2D eigenvalue weighted by Gasteiger charge is 2.32. The van der Waals surface area contributed by atoms with Crippen LogP contribution in [0.15, 0.2) is 24.3 Å². The van der Waals surface area contributed by atoms with E-state index in [2.05, 4.69) is 45.0 Å². The van der Waals surface area contributed by atoms with E-state index in [1.165, 1.54) is 24.0 Å². The van der Waals surface area contributed by atoms with Gasteiger partial charge >= 0.3 is 0 Å². The molecule has 0 aliphatic carbocycles. The smallest absolute Gasteiger partial charge is 0.0332 e. The fraction of sp³-hybridized carbons (Fsp3) is 0.625. The van der Waals surface area contributed by atoms with Crippen LogP contribution in [0.25, 0.3) is 0 Å². The molecule has 1 unspecified atom stereocenters. The van der Waals surface area contributed by atoms with Gasteiger partial charge in [0.1, 0.15) is 0 Å². The van der Waals surface area contributed by atoms with Gasteiger partial charge in [0.15, 0.2) is 0 Å². The summed E-state index contributed by atoms with van der Waals surface area (Å²) in [5, 5.41) is 0. The second kappa shape index (κ2) is 7.40. The van der Waals surface area contributed by atoms with Gasteiger partial charge in [-0.1, -0.05) is 56.5 Å². The van der Waals surface area contributed by atoms with Crippen LogP contribution < -0.4 is 0 Å². The Hall–Kier alpha value is -0.200. The monoisotopic (exact) mass is 286 g/mol. The molecule has 0 aromatic heterocycles. The lowest BCUT2D eigenvalue weighted by Crippen LogP contribution is -2.33. The molecule has 1 aromatic carbocycles. The second-order valence-corrected chi connectivity index (χ2v) is 6.05. The molecule has 0 N–H and O–H groups in total. The maximum atomic E-state index is 6.27. The lowest BCUT2D eigenvalue weighted by molar-refractivity contribution is 0.368. The van der Waals surface area contributed by atoms with E-state index < -0.39 is 0 Å². The molecule has 0 bridgehead atoms. The van der Waals surface area contributed by atoms with Gasteiger partial charge in [0.25, 0.3) is 0 Å². The second-order valence-electron chi connectivity index (χ2n) is 5.52. The maximum absolute atomic E-state index is 6.27. The van der Waals surface area contributed by atoms with Crippen LogP contribution in [0.5, 0.6) is 0 Å². The third-order valence-electron chi connectivity index (χ3n) is 3.66. The zero-order chi connectivity index (χ0) is 13.6. The van der Waals surface area contributed by atoms with Crippen LogP contribution in [0.3, 0.4) is 0 Å². The van der Waals surface area contributed by atoms with E-state index in [9.17, 15) is 0 Å². The van der Waals surface area contributed by atoms with Crippen LogP contribution in [0.2, 0.25) is 0 Å². The highest BCUT2D eigenvalue weighted by molar-refractivity contribution is 6.22. The predicted molar refractivity (Wildman–Crippen MR) is 83.0 cm³/mol. The third-order valence-corrected chi connectivity index (χ3v) is 4.69. The Morgan fingerprint density at radius 2 is 1.89 bits per heavy atom. The van der Waals surface area contributed by atoms with Crippen LogP contribution in [-0.2, 0) is 5.41 Å². The lowest BCUT2D eigenvalue weighted by atomic mass is 9.76. The fourth-order valence-electron chi connectivity index (χ4n) is 2.65. The summed E-state index contributed by atoms with van der Waals surface area (Å²) < 4.78 is 0. The average molecular weight is 287 g/mol. The minimum Gasteiger partial charge on any atom is -0.126 e. The molecule has 0 amide bonds. The van der Waals surface area contributed by atoms with E-state index in [4.69, 9.17) is 23.2 Å². The topological polar surface area (TPSA) is 0 Å². The minimum absolute atomic E-state index is 0.0796. The molecule has 0 aliphatic rings. The summed E-state index contributed by atoms with van der Waals surface area (Å²) in [6, 6.07) is 8.61. The van der Waals surface area contributed by atoms with E-state index in [0.29, 0.717) is 17.7 Å². The summed E-state index contributed by atoms with van der Waals surface area (Å²) in [4.78, 5) is 0. The number of hydrogen-bond acceptors (Lipinski definition) is 0. The van der Waals surface area contributed by atoms with Crippen molar-refractivity contribution in [3.05, 3.63) is 35.4 Å². The maximum Gasteiger partial charge on any atom is 0.0332 e. The molecule has 1 aromatic rings. The van der Waals surface area contributed by atoms with Gasteiger partial charge in [-0.3, -0.25) is 0 Å². The standard InChI is InChI=1S/C16H24Cl2/c1-4-6-14(3)10-16(11-17,12-18)15-8-5-7-13(2)9-15/h5,7-9,14H,4,6,10-12H2,1-3H3. The SMILES string of the molecule is CCCC(C)CC(CCl)(CCl)c1cccc(C)c1. The Morgan fingerprint density at radius 3 is 2.39 bits per heavy atom. The van der Waals surface area contributed by atoms with Crippen LogP contribution in [0, 0.1) is 12.8 Å². The molecular formula is C16H24Cl2. The molecule has 2 heteroatoms. The summed E-state index contributed by atoms with van der Waals surface area (Å²) in [5.41, 5.74) is 2.48. The lowest BCUT2D eigenvalue weighted by Gasteiger charge is -2.33. The number of benzene rings is 1. The highest BCUT2D eigenvalue weighted by atomic mass is 35.5. The molecule has 0 radical (unpaired) electrons. The fourth-order valence-corrected chi connectivity index (χ4v) is 3.47. The molecule has 18 heavy (non-hydrogen) atoms. The van der Waals surface area contributed by atoms with Crippen molar-refractivity contribution in [1.29, 1.82) is 0 Å². The van der Waals surface area contributed by atoms with Gasteiger partial charge in [-0.2, -0.15) is 0 Å². The summed E-state index contributed by atoms with van der Waals surface area (Å²) in [6.45, 7) is 6.64. The van der Waals surface area contributed by atoms with Crippen molar-refractivity contribution in [1.82, 2.24) is 0 Å². The molecular weight excluding hydrogens is 263 g/mol. The van der Waals surface area contributed by atoms with Crippen LogP contribution >= 0.6 is 23.2 Å². The highest BCUT2D eigenvalue weighted by Crippen LogP contribution is 2.35. The van der Waals surface area contributed by atoms with Crippen molar-refractivity contribution in [2.45, 2.75) is 45.4 Å². The number of hydrogen-bond donors (Lipinski definition) is 0. The summed E-state index contributed by atoms with van der Waals surface area (Å²) in [7, 11) is 0. The van der Waals surface area contributed by atoms with Crippen molar-refractivity contribution in [2.24, 2.45) is 5.92 Å². The van der Waals surface area contributed by atoms with Crippen LogP contribution in [-0.4, -0.2) is 11.8 Å². The van der Waals surface area contributed by atoms with E-state index in [1.54, 1.807) is 0 Å². The third kappa shape index (κ3) is 3.90. The Balaban J connectivity index is 2.99. The molecule has 0 saturated carbocycles. The number of halogens is 2. The minimum atomic E-state index is -0.0796. The van der Waals surface area contributed by atoms with Crippen LogP contribution in [0.1, 0.15) is 44.2 Å². The van der Waals surface area contributed by atoms with Crippen LogP contribution in [0.4, 0.5) is 0 Å². The van der Waals surface area contributed by atoms with Gasteiger partial charge in [-0.05, 0) is 24.8 Å². The zero-order valence-electron chi connectivity index (χ0n) is 11.7. The van der Waals surface area contributed by atoms with Gasteiger partial charge < -0.3 is 0 Å². The Bertz CT molecular complexity index is 356. The summed E-state index contributed by atoms with van der Waals surface area (Å²) in [6.07, 6.45) is 3.52. The number of aryl methyl sites for hydroxylation is 1. The van der Waals surface area contributed by atoms with Gasteiger partial charge in [-0.15, -0.1) is 23.2 Å². The van der Waals surface area contributed by atoms with Gasteiger partial charge in [0, 0.05) is 17.2 Å². The summed E-state index contributed by atoms with van der Waals surface area (Å²) >= 11 is 12.5. The van der Waals surface area contributed by atoms with Gasteiger partial charge in [-0.25, -0.2) is 0 Å². The van der Waals surface area contributed by atoms with Crippen molar-refractivity contribution >= 4 is 23.2 Å². The molecule has 0 nitrogen and oxygen atoms in total. The zero-order valence-corrected chi connectivity index (χ0v) is 13.2. The van der Waals surface area contributed by atoms with E-state index >= 15 is 0 Å². The molecule has 1 atom stereocenters. The van der Waals surface area contributed by atoms with Crippen molar-refractivity contribution in [3.8, 4) is 0 Å². The number of rotatable bonds is 7. The molecule has 0 spiro atoms. The van der Waals surface area contributed by atoms with E-state index in [1.807, 2.05) is 0 Å².